The SMILES string of the molecule is CCOc1cc(Br)c(/C=C2/C(=O)N(c3ccc(Cl)cc3)C(=S)N2CC(=O)OC)cc1OCC. The number of hydrogen-bond donors (Lipinski definition) is 0. The van der Waals surface area contributed by atoms with Gasteiger partial charge in [0.1, 0.15) is 12.2 Å². The minimum atomic E-state index is -0.533. The molecule has 1 fully saturated rings. The number of anilines is 1. The van der Waals surface area contributed by atoms with Crippen molar-refractivity contribution in [1.82, 2.24) is 4.90 Å². The highest BCUT2D eigenvalue weighted by molar-refractivity contribution is 9.10. The van der Waals surface area contributed by atoms with Crippen LogP contribution in [0.3, 0.4) is 0 Å². The lowest BCUT2D eigenvalue weighted by Crippen LogP contribution is -2.35. The molecule has 0 bridgehead atoms. The molecular weight excluding hydrogens is 532 g/mol. The Hall–Kier alpha value is -2.62. The number of benzene rings is 2. The van der Waals surface area contributed by atoms with E-state index in [0.29, 0.717) is 45.5 Å². The number of amides is 1. The van der Waals surface area contributed by atoms with Gasteiger partial charge in [0.05, 0.1) is 26.0 Å². The van der Waals surface area contributed by atoms with E-state index in [1.54, 1.807) is 42.5 Å². The van der Waals surface area contributed by atoms with Crippen molar-refractivity contribution in [2.75, 3.05) is 31.8 Å². The summed E-state index contributed by atoms with van der Waals surface area (Å²) in [4.78, 5) is 28.3. The third-order valence-corrected chi connectivity index (χ3v) is 6.03. The third-order valence-electron chi connectivity index (χ3n) is 4.69. The van der Waals surface area contributed by atoms with Crippen LogP contribution in [-0.2, 0) is 14.3 Å². The van der Waals surface area contributed by atoms with Gasteiger partial charge >= 0.3 is 5.97 Å². The lowest BCUT2D eigenvalue weighted by molar-refractivity contribution is -0.140. The second-order valence-corrected chi connectivity index (χ2v) is 8.43. The maximum absolute atomic E-state index is 13.4. The van der Waals surface area contributed by atoms with Gasteiger partial charge in [-0.15, -0.1) is 0 Å². The van der Waals surface area contributed by atoms with E-state index in [2.05, 4.69) is 15.9 Å². The highest BCUT2D eigenvalue weighted by atomic mass is 79.9. The summed E-state index contributed by atoms with van der Waals surface area (Å²) in [7, 11) is 1.28. The fourth-order valence-electron chi connectivity index (χ4n) is 3.19. The van der Waals surface area contributed by atoms with E-state index in [1.165, 1.54) is 16.9 Å². The Morgan fingerprint density at radius 2 is 1.73 bits per heavy atom. The molecule has 7 nitrogen and oxygen atoms in total. The average Bonchev–Trinajstić information content (AvgIpc) is 3.01. The van der Waals surface area contributed by atoms with E-state index >= 15 is 0 Å². The number of hydrogen-bond acceptors (Lipinski definition) is 6. The summed E-state index contributed by atoms with van der Waals surface area (Å²) in [6, 6.07) is 10.2. The Labute approximate surface area is 211 Å². The second-order valence-electron chi connectivity index (χ2n) is 6.78. The van der Waals surface area contributed by atoms with Gasteiger partial charge in [0, 0.05) is 9.50 Å². The normalized spacial score (nSPS) is 14.8. The van der Waals surface area contributed by atoms with Gasteiger partial charge in [0.15, 0.2) is 16.6 Å². The van der Waals surface area contributed by atoms with E-state index < -0.39 is 5.97 Å². The first-order valence-corrected chi connectivity index (χ1v) is 11.7. The molecular formula is C23H22BrClN2O5S. The van der Waals surface area contributed by atoms with Crippen LogP contribution in [0.2, 0.25) is 5.02 Å². The highest BCUT2D eigenvalue weighted by Gasteiger charge is 2.40. The van der Waals surface area contributed by atoms with Crippen molar-refractivity contribution in [3.8, 4) is 11.5 Å². The summed E-state index contributed by atoms with van der Waals surface area (Å²) in [5, 5.41) is 0.686. The number of esters is 1. The maximum Gasteiger partial charge on any atom is 0.325 e. The van der Waals surface area contributed by atoms with Crippen LogP contribution in [0.4, 0.5) is 5.69 Å². The molecule has 2 aromatic carbocycles. The van der Waals surface area contributed by atoms with Gasteiger partial charge in [-0.25, -0.2) is 0 Å². The zero-order valence-electron chi connectivity index (χ0n) is 18.3. The molecule has 0 N–H and O–H groups in total. The Balaban J connectivity index is 2.10. The van der Waals surface area contributed by atoms with Gasteiger partial charge in [-0.3, -0.25) is 14.5 Å². The Morgan fingerprint density at radius 3 is 2.30 bits per heavy atom. The maximum atomic E-state index is 13.4. The molecule has 0 saturated carbocycles. The molecule has 10 heteroatoms. The lowest BCUT2D eigenvalue weighted by atomic mass is 10.1. The molecule has 1 aliphatic heterocycles. The molecule has 0 aliphatic carbocycles. The minimum Gasteiger partial charge on any atom is -0.490 e. The molecule has 1 saturated heterocycles. The average molecular weight is 554 g/mol. The van der Waals surface area contributed by atoms with Crippen LogP contribution in [0.5, 0.6) is 11.5 Å². The summed E-state index contributed by atoms with van der Waals surface area (Å²) in [6.45, 7) is 4.46. The molecule has 2 aromatic rings. The highest BCUT2D eigenvalue weighted by Crippen LogP contribution is 2.37. The van der Waals surface area contributed by atoms with Crippen molar-refractivity contribution in [3.05, 3.63) is 57.2 Å². The van der Waals surface area contributed by atoms with Crippen molar-refractivity contribution in [1.29, 1.82) is 0 Å². The van der Waals surface area contributed by atoms with Gasteiger partial charge < -0.3 is 19.1 Å². The number of rotatable bonds is 8. The molecule has 0 atom stereocenters. The summed E-state index contributed by atoms with van der Waals surface area (Å²) >= 11 is 15.1. The lowest BCUT2D eigenvalue weighted by Gasteiger charge is -2.19. The van der Waals surface area contributed by atoms with Crippen LogP contribution in [0.1, 0.15) is 19.4 Å². The third kappa shape index (κ3) is 5.48. The molecule has 174 valence electrons. The van der Waals surface area contributed by atoms with Crippen molar-refractivity contribution in [2.45, 2.75) is 13.8 Å². The van der Waals surface area contributed by atoms with Gasteiger partial charge in [-0.05, 0) is 74.1 Å². The first-order valence-electron chi connectivity index (χ1n) is 10.1. The number of ether oxygens (including phenoxy) is 3. The monoisotopic (exact) mass is 552 g/mol. The van der Waals surface area contributed by atoms with Crippen LogP contribution in [0, 0.1) is 0 Å². The zero-order valence-corrected chi connectivity index (χ0v) is 21.4. The summed E-state index contributed by atoms with van der Waals surface area (Å²) in [6.07, 6.45) is 1.65. The molecule has 0 unspecified atom stereocenters. The minimum absolute atomic E-state index is 0.158. The molecule has 1 heterocycles. The number of nitrogens with zero attached hydrogens (tertiary/aromatic N) is 2. The molecule has 0 aromatic heterocycles. The van der Waals surface area contributed by atoms with Crippen LogP contribution in [-0.4, -0.2) is 48.8 Å². The predicted molar refractivity (Wildman–Crippen MR) is 135 cm³/mol. The van der Waals surface area contributed by atoms with E-state index in [9.17, 15) is 9.59 Å². The number of methoxy groups -OCH3 is 1. The summed E-state index contributed by atoms with van der Waals surface area (Å²) in [5.74, 6) is 0.201. The molecule has 3 rings (SSSR count). The van der Waals surface area contributed by atoms with Crippen LogP contribution < -0.4 is 14.4 Å². The first kappa shape index (κ1) is 25.0. The van der Waals surface area contributed by atoms with Crippen molar-refractivity contribution < 1.29 is 23.8 Å². The number of carbonyl (C=O) groups excluding carboxylic acids is 2. The molecule has 1 aliphatic rings. The van der Waals surface area contributed by atoms with E-state index in [1.807, 2.05) is 13.8 Å². The van der Waals surface area contributed by atoms with Crippen molar-refractivity contribution in [2.24, 2.45) is 0 Å². The number of thiocarbonyl (C=S) groups is 1. The molecule has 1 amide bonds. The topological polar surface area (TPSA) is 68.3 Å². The van der Waals surface area contributed by atoms with Gasteiger partial charge in [-0.2, -0.15) is 0 Å². The number of carbonyl (C=O) groups is 2. The summed E-state index contributed by atoms with van der Waals surface area (Å²) < 4.78 is 16.9. The van der Waals surface area contributed by atoms with Crippen LogP contribution in [0.25, 0.3) is 6.08 Å². The molecule has 0 spiro atoms. The quantitative estimate of drug-likeness (QED) is 0.257. The van der Waals surface area contributed by atoms with E-state index in [4.69, 9.17) is 38.0 Å². The van der Waals surface area contributed by atoms with Crippen LogP contribution >= 0.6 is 39.7 Å². The standard InChI is InChI=1S/C23H22BrClN2O5S/c1-4-31-19-11-14(17(24)12-20(19)32-5-2)10-18-22(29)27(16-8-6-15(25)7-9-16)23(33)26(18)13-21(28)30-3/h6-12H,4-5,13H2,1-3H3/b18-10-. The van der Waals surface area contributed by atoms with Gasteiger partial charge in [0.2, 0.25) is 0 Å². The number of halogens is 2. The first-order chi connectivity index (χ1) is 15.8. The smallest absolute Gasteiger partial charge is 0.325 e. The largest absolute Gasteiger partial charge is 0.490 e. The van der Waals surface area contributed by atoms with Crippen molar-refractivity contribution in [3.63, 3.8) is 0 Å². The van der Waals surface area contributed by atoms with Crippen LogP contribution in [0.15, 0.2) is 46.6 Å². The fourth-order valence-corrected chi connectivity index (χ4v) is 4.10. The van der Waals surface area contributed by atoms with Crippen molar-refractivity contribution >= 4 is 68.5 Å². The Morgan fingerprint density at radius 1 is 1.12 bits per heavy atom. The zero-order chi connectivity index (χ0) is 24.1. The molecule has 0 radical (unpaired) electrons. The second kappa shape index (κ2) is 11.0. The molecule has 33 heavy (non-hydrogen) atoms. The summed E-state index contributed by atoms with van der Waals surface area (Å²) in [5.41, 5.74) is 1.40. The fraction of sp³-hybridized carbons (Fsp3) is 0.261. The van der Waals surface area contributed by atoms with Gasteiger partial charge in [-0.1, -0.05) is 27.5 Å². The Bertz CT molecular complexity index is 1110. The van der Waals surface area contributed by atoms with E-state index in [-0.39, 0.29) is 23.3 Å². The van der Waals surface area contributed by atoms with E-state index in [0.717, 1.165) is 0 Å². The van der Waals surface area contributed by atoms with Gasteiger partial charge in [0.25, 0.3) is 5.91 Å². The Kier molecular flexibility index (Phi) is 8.34. The predicted octanol–water partition coefficient (Wildman–Crippen LogP) is 5.05.